The summed E-state index contributed by atoms with van der Waals surface area (Å²) in [7, 11) is 0. The molecule has 1 aromatic carbocycles. The minimum Gasteiger partial charge on any atom is -0.338 e. The summed E-state index contributed by atoms with van der Waals surface area (Å²) < 4.78 is 13.8. The average Bonchev–Trinajstić information content (AvgIpc) is 2.81. The molecular weight excluding hydrogens is 302 g/mol. The summed E-state index contributed by atoms with van der Waals surface area (Å²) in [5, 5.41) is 0.417. The van der Waals surface area contributed by atoms with Crippen molar-refractivity contribution < 1.29 is 9.18 Å². The Bertz CT molecular complexity index is 462. The van der Waals surface area contributed by atoms with Gasteiger partial charge in [0.05, 0.1) is 6.04 Å². The van der Waals surface area contributed by atoms with Crippen molar-refractivity contribution in [3.05, 3.63) is 34.6 Å². The Balaban J connectivity index is 0.00000200. The van der Waals surface area contributed by atoms with Gasteiger partial charge in [-0.15, -0.1) is 12.4 Å². The first-order chi connectivity index (χ1) is 9.00. The fourth-order valence-electron chi connectivity index (χ4n) is 2.56. The van der Waals surface area contributed by atoms with Gasteiger partial charge in [-0.3, -0.25) is 4.79 Å². The molecule has 1 fully saturated rings. The number of likely N-dealkylation sites (tertiary alicyclic amines) is 1. The third-order valence-corrected chi connectivity index (χ3v) is 3.91. The molecule has 1 aliphatic rings. The normalized spacial score (nSPS) is 19.6. The van der Waals surface area contributed by atoms with Crippen LogP contribution in [0, 0.1) is 5.82 Å². The van der Waals surface area contributed by atoms with E-state index in [0.29, 0.717) is 23.6 Å². The van der Waals surface area contributed by atoms with E-state index >= 15 is 0 Å². The minimum absolute atomic E-state index is 0. The number of rotatable bonds is 3. The fraction of sp³-hybridized carbons (Fsp3) is 0.500. The van der Waals surface area contributed by atoms with Crippen LogP contribution in [0.5, 0.6) is 0 Å². The number of nitrogens with two attached hydrogens (primary N) is 1. The molecule has 0 saturated carbocycles. The molecule has 0 bridgehead atoms. The number of amides is 1. The third-order valence-electron chi connectivity index (χ3n) is 3.55. The minimum atomic E-state index is -0.517. The van der Waals surface area contributed by atoms with Crippen LogP contribution in [0.2, 0.25) is 5.02 Å². The quantitative estimate of drug-likeness (QED) is 0.930. The Morgan fingerprint density at radius 1 is 1.60 bits per heavy atom. The zero-order valence-corrected chi connectivity index (χ0v) is 12.9. The average molecular weight is 321 g/mol. The molecule has 3 nitrogen and oxygen atoms in total. The summed E-state index contributed by atoms with van der Waals surface area (Å²) >= 11 is 6.03. The van der Waals surface area contributed by atoms with Crippen LogP contribution in [0.1, 0.15) is 25.3 Å². The van der Waals surface area contributed by atoms with Gasteiger partial charge >= 0.3 is 0 Å². The van der Waals surface area contributed by atoms with Crippen molar-refractivity contribution in [2.45, 2.75) is 38.3 Å². The zero-order valence-electron chi connectivity index (χ0n) is 11.3. The highest BCUT2D eigenvalue weighted by molar-refractivity contribution is 6.31. The molecule has 2 rings (SSSR count). The summed E-state index contributed by atoms with van der Waals surface area (Å²) in [6.07, 6.45) is 2.24. The van der Waals surface area contributed by atoms with Crippen molar-refractivity contribution >= 4 is 29.9 Å². The van der Waals surface area contributed by atoms with Crippen LogP contribution in [-0.4, -0.2) is 29.4 Å². The summed E-state index contributed by atoms with van der Waals surface area (Å²) in [5.74, 6) is -0.387. The van der Waals surface area contributed by atoms with Crippen molar-refractivity contribution in [3.63, 3.8) is 0 Å². The number of hydrogen-bond acceptors (Lipinski definition) is 2. The summed E-state index contributed by atoms with van der Waals surface area (Å²) in [4.78, 5) is 13.7. The van der Waals surface area contributed by atoms with E-state index in [-0.39, 0.29) is 30.2 Å². The lowest BCUT2D eigenvalue weighted by Crippen LogP contribution is -2.45. The molecule has 2 atom stereocenters. The second-order valence-electron chi connectivity index (χ2n) is 5.02. The lowest BCUT2D eigenvalue weighted by molar-refractivity contribution is -0.132. The summed E-state index contributed by atoms with van der Waals surface area (Å²) in [5.41, 5.74) is 6.12. The number of nitrogens with zero attached hydrogens (tertiary/aromatic N) is 1. The highest BCUT2D eigenvalue weighted by atomic mass is 35.5. The van der Waals surface area contributed by atoms with Crippen molar-refractivity contribution in [2.24, 2.45) is 5.73 Å². The van der Waals surface area contributed by atoms with Crippen LogP contribution in [0.25, 0.3) is 0 Å². The predicted octanol–water partition coefficient (Wildman–Crippen LogP) is 2.78. The predicted molar refractivity (Wildman–Crippen MR) is 80.7 cm³/mol. The van der Waals surface area contributed by atoms with Crippen molar-refractivity contribution in [3.8, 4) is 0 Å². The van der Waals surface area contributed by atoms with Gasteiger partial charge in [0.25, 0.3) is 0 Å². The zero-order chi connectivity index (χ0) is 14.0. The van der Waals surface area contributed by atoms with Gasteiger partial charge in [-0.2, -0.15) is 0 Å². The molecule has 1 unspecified atom stereocenters. The summed E-state index contributed by atoms with van der Waals surface area (Å²) in [6, 6.07) is 4.13. The molecular formula is C14H19Cl2FN2O. The van der Waals surface area contributed by atoms with Gasteiger partial charge in [0, 0.05) is 23.2 Å². The van der Waals surface area contributed by atoms with Crippen LogP contribution in [0.15, 0.2) is 18.2 Å². The van der Waals surface area contributed by atoms with Crippen LogP contribution in [0.4, 0.5) is 4.39 Å². The summed E-state index contributed by atoms with van der Waals surface area (Å²) in [6.45, 7) is 2.37. The molecule has 6 heteroatoms. The van der Waals surface area contributed by atoms with Crippen LogP contribution in [-0.2, 0) is 11.2 Å². The smallest absolute Gasteiger partial charge is 0.239 e. The van der Waals surface area contributed by atoms with Crippen molar-refractivity contribution in [1.82, 2.24) is 4.90 Å². The molecule has 1 heterocycles. The van der Waals surface area contributed by atoms with Gasteiger partial charge in [0.1, 0.15) is 5.82 Å². The van der Waals surface area contributed by atoms with E-state index in [2.05, 4.69) is 0 Å². The first-order valence-electron chi connectivity index (χ1n) is 6.49. The van der Waals surface area contributed by atoms with E-state index in [0.717, 1.165) is 12.8 Å². The van der Waals surface area contributed by atoms with E-state index in [1.807, 2.05) is 0 Å². The van der Waals surface area contributed by atoms with Crippen molar-refractivity contribution in [2.75, 3.05) is 6.54 Å². The second-order valence-corrected chi connectivity index (χ2v) is 5.43. The molecule has 1 aliphatic heterocycles. The first-order valence-corrected chi connectivity index (χ1v) is 6.87. The topological polar surface area (TPSA) is 46.3 Å². The van der Waals surface area contributed by atoms with E-state index in [1.54, 1.807) is 24.0 Å². The Kier molecular flexibility index (Phi) is 6.24. The van der Waals surface area contributed by atoms with Gasteiger partial charge < -0.3 is 10.6 Å². The van der Waals surface area contributed by atoms with E-state index in [9.17, 15) is 9.18 Å². The maximum Gasteiger partial charge on any atom is 0.239 e. The van der Waals surface area contributed by atoms with Gasteiger partial charge in [-0.25, -0.2) is 4.39 Å². The second kappa shape index (κ2) is 7.25. The standard InChI is InChI=1S/C14H18ClFN2O.ClH/c1-9(17)14(19)18-7-3-4-10(18)8-11-12(15)5-2-6-13(11)16;/h2,5-6,9-10H,3-4,7-8,17H2,1H3;1H/t9-,10?;/m1./s1. The Morgan fingerprint density at radius 2 is 2.30 bits per heavy atom. The third kappa shape index (κ3) is 3.62. The van der Waals surface area contributed by atoms with Crippen LogP contribution < -0.4 is 5.73 Å². The van der Waals surface area contributed by atoms with E-state index < -0.39 is 6.04 Å². The van der Waals surface area contributed by atoms with Crippen molar-refractivity contribution in [1.29, 1.82) is 0 Å². The molecule has 20 heavy (non-hydrogen) atoms. The van der Waals surface area contributed by atoms with E-state index in [4.69, 9.17) is 17.3 Å². The lowest BCUT2D eigenvalue weighted by atomic mass is 10.0. The SMILES string of the molecule is C[C@@H](N)C(=O)N1CCCC1Cc1c(F)cccc1Cl.Cl. The molecule has 1 saturated heterocycles. The number of hydrogen-bond donors (Lipinski definition) is 1. The Hall–Kier alpha value is -0.840. The Labute approximate surface area is 129 Å². The molecule has 1 aromatic rings. The molecule has 112 valence electrons. The molecule has 2 N–H and O–H groups in total. The van der Waals surface area contributed by atoms with Gasteiger partial charge in [-0.1, -0.05) is 17.7 Å². The molecule has 0 aromatic heterocycles. The van der Waals surface area contributed by atoms with Gasteiger partial charge in [-0.05, 0) is 38.3 Å². The van der Waals surface area contributed by atoms with Gasteiger partial charge in [0.2, 0.25) is 5.91 Å². The Morgan fingerprint density at radius 3 is 2.90 bits per heavy atom. The number of carbonyl (C=O) groups is 1. The monoisotopic (exact) mass is 320 g/mol. The molecule has 0 aliphatic carbocycles. The highest BCUT2D eigenvalue weighted by Gasteiger charge is 2.31. The van der Waals surface area contributed by atoms with E-state index in [1.165, 1.54) is 6.07 Å². The number of halogens is 3. The molecule has 0 radical (unpaired) electrons. The molecule has 0 spiro atoms. The largest absolute Gasteiger partial charge is 0.338 e. The van der Waals surface area contributed by atoms with Crippen LogP contribution in [0.3, 0.4) is 0 Å². The number of benzene rings is 1. The maximum atomic E-state index is 13.8. The first kappa shape index (κ1) is 17.2. The van der Waals surface area contributed by atoms with Crippen LogP contribution >= 0.6 is 24.0 Å². The number of carbonyl (C=O) groups excluding carboxylic acids is 1. The maximum absolute atomic E-state index is 13.8. The highest BCUT2D eigenvalue weighted by Crippen LogP contribution is 2.27. The lowest BCUT2D eigenvalue weighted by Gasteiger charge is -2.26. The fourth-order valence-corrected chi connectivity index (χ4v) is 2.80. The van der Waals surface area contributed by atoms with Gasteiger partial charge in [0.15, 0.2) is 0 Å². The molecule has 1 amide bonds.